The van der Waals surface area contributed by atoms with Crippen molar-refractivity contribution in [2.75, 3.05) is 26.2 Å². The molecule has 1 aliphatic carbocycles. The van der Waals surface area contributed by atoms with Gasteiger partial charge in [0.15, 0.2) is 5.76 Å². The molecule has 2 aromatic rings. The molecule has 6 heteroatoms. The van der Waals surface area contributed by atoms with Gasteiger partial charge in [0.05, 0.1) is 5.41 Å². The molecule has 2 amide bonds. The molecule has 2 saturated heterocycles. The van der Waals surface area contributed by atoms with Crippen LogP contribution in [0.3, 0.4) is 0 Å². The van der Waals surface area contributed by atoms with Crippen LogP contribution in [0.25, 0.3) is 0 Å². The maximum atomic E-state index is 13.2. The lowest BCUT2D eigenvalue weighted by Gasteiger charge is -2.39. The Balaban J connectivity index is 1.25. The maximum absolute atomic E-state index is 13.2. The van der Waals surface area contributed by atoms with E-state index >= 15 is 0 Å². The number of hydrogen-bond acceptors (Lipinski definition) is 4. The summed E-state index contributed by atoms with van der Waals surface area (Å²) in [5.41, 5.74) is -0.404. The molecule has 0 bridgehead atoms. The molecule has 1 spiro atoms. The van der Waals surface area contributed by atoms with E-state index in [0.29, 0.717) is 24.8 Å². The van der Waals surface area contributed by atoms with E-state index < -0.39 is 5.41 Å². The normalized spacial score (nSPS) is 24.3. The molecular weight excluding hydrogens is 368 g/mol. The van der Waals surface area contributed by atoms with Crippen LogP contribution in [-0.4, -0.2) is 47.8 Å². The summed E-state index contributed by atoms with van der Waals surface area (Å²) in [6, 6.07) is 12.6. The van der Waals surface area contributed by atoms with E-state index in [2.05, 4.69) is 0 Å². The fourth-order valence-corrected chi connectivity index (χ4v) is 4.61. The average Bonchev–Trinajstić information content (AvgIpc) is 3.26. The monoisotopic (exact) mass is 394 g/mol. The van der Waals surface area contributed by atoms with Crippen molar-refractivity contribution in [3.8, 4) is 11.7 Å². The SMILES string of the molecule is O=C(c1ccc(Oc2ccccc2)o1)N1CC[C@@]2(CCCN(CC3CC3)C2=O)C1. The number of likely N-dealkylation sites (tertiary alicyclic amines) is 2. The van der Waals surface area contributed by atoms with Crippen molar-refractivity contribution in [1.29, 1.82) is 0 Å². The highest BCUT2D eigenvalue weighted by atomic mass is 16.6. The smallest absolute Gasteiger partial charge is 0.290 e. The van der Waals surface area contributed by atoms with Gasteiger partial charge in [-0.05, 0) is 56.2 Å². The fraction of sp³-hybridized carbons (Fsp3) is 0.478. The third-order valence-corrected chi connectivity index (χ3v) is 6.39. The van der Waals surface area contributed by atoms with Crippen LogP contribution in [0.2, 0.25) is 0 Å². The second kappa shape index (κ2) is 7.25. The van der Waals surface area contributed by atoms with Crippen LogP contribution in [0.15, 0.2) is 46.9 Å². The molecule has 0 unspecified atom stereocenters. The second-order valence-electron chi connectivity index (χ2n) is 8.59. The summed E-state index contributed by atoms with van der Waals surface area (Å²) in [5.74, 6) is 1.98. The van der Waals surface area contributed by atoms with Gasteiger partial charge in [-0.15, -0.1) is 0 Å². The number of piperidine rings is 1. The van der Waals surface area contributed by atoms with Crippen molar-refractivity contribution >= 4 is 11.8 Å². The van der Waals surface area contributed by atoms with Gasteiger partial charge < -0.3 is 19.0 Å². The van der Waals surface area contributed by atoms with E-state index in [1.807, 2.05) is 35.2 Å². The van der Waals surface area contributed by atoms with Crippen molar-refractivity contribution in [1.82, 2.24) is 9.80 Å². The minimum Gasteiger partial charge on any atom is -0.426 e. The molecule has 3 heterocycles. The van der Waals surface area contributed by atoms with Crippen LogP contribution in [0.4, 0.5) is 0 Å². The molecule has 1 atom stereocenters. The summed E-state index contributed by atoms with van der Waals surface area (Å²) in [6.07, 6.45) is 5.13. The third-order valence-electron chi connectivity index (χ3n) is 6.39. The number of nitrogens with zero attached hydrogens (tertiary/aromatic N) is 2. The number of carbonyl (C=O) groups excluding carboxylic acids is 2. The molecule has 0 N–H and O–H groups in total. The Hall–Kier alpha value is -2.76. The van der Waals surface area contributed by atoms with Gasteiger partial charge in [-0.25, -0.2) is 0 Å². The average molecular weight is 394 g/mol. The summed E-state index contributed by atoms with van der Waals surface area (Å²) < 4.78 is 11.3. The van der Waals surface area contributed by atoms with E-state index in [-0.39, 0.29) is 23.5 Å². The number of furan rings is 1. The van der Waals surface area contributed by atoms with Crippen molar-refractivity contribution in [3.63, 3.8) is 0 Å². The van der Waals surface area contributed by atoms with E-state index in [4.69, 9.17) is 9.15 Å². The first kappa shape index (κ1) is 18.3. The van der Waals surface area contributed by atoms with Crippen LogP contribution >= 0.6 is 0 Å². The third kappa shape index (κ3) is 3.63. The molecule has 6 nitrogen and oxygen atoms in total. The molecule has 3 fully saturated rings. The first-order chi connectivity index (χ1) is 14.1. The molecule has 2 aliphatic heterocycles. The number of carbonyl (C=O) groups is 2. The Bertz CT molecular complexity index is 905. The van der Waals surface area contributed by atoms with E-state index in [9.17, 15) is 9.59 Å². The van der Waals surface area contributed by atoms with Gasteiger partial charge in [-0.2, -0.15) is 0 Å². The Morgan fingerprint density at radius 2 is 1.93 bits per heavy atom. The van der Waals surface area contributed by atoms with Gasteiger partial charge in [0.25, 0.3) is 11.9 Å². The Morgan fingerprint density at radius 1 is 1.10 bits per heavy atom. The fourth-order valence-electron chi connectivity index (χ4n) is 4.61. The lowest BCUT2D eigenvalue weighted by atomic mass is 9.78. The number of ether oxygens (including phenoxy) is 1. The highest BCUT2D eigenvalue weighted by Crippen LogP contribution is 2.42. The van der Waals surface area contributed by atoms with E-state index in [0.717, 1.165) is 32.4 Å². The number of rotatable bonds is 5. The van der Waals surface area contributed by atoms with Crippen molar-refractivity contribution < 1.29 is 18.7 Å². The van der Waals surface area contributed by atoms with E-state index in [1.165, 1.54) is 12.8 Å². The molecular formula is C23H26N2O4. The summed E-state index contributed by atoms with van der Waals surface area (Å²) in [4.78, 5) is 30.0. The first-order valence-corrected chi connectivity index (χ1v) is 10.5. The van der Waals surface area contributed by atoms with Gasteiger partial charge in [-0.1, -0.05) is 18.2 Å². The van der Waals surface area contributed by atoms with Crippen LogP contribution < -0.4 is 4.74 Å². The highest BCUT2D eigenvalue weighted by molar-refractivity contribution is 5.93. The predicted octanol–water partition coefficient (Wildman–Crippen LogP) is 3.94. The first-order valence-electron chi connectivity index (χ1n) is 10.5. The van der Waals surface area contributed by atoms with E-state index in [1.54, 1.807) is 17.0 Å². The molecule has 1 saturated carbocycles. The molecule has 1 aromatic carbocycles. The lowest BCUT2D eigenvalue weighted by molar-refractivity contribution is -0.145. The van der Waals surface area contributed by atoms with Gasteiger partial charge in [0.1, 0.15) is 5.75 Å². The molecule has 29 heavy (non-hydrogen) atoms. The number of para-hydroxylation sites is 1. The van der Waals surface area contributed by atoms with Crippen molar-refractivity contribution in [2.45, 2.75) is 32.1 Å². The zero-order valence-electron chi connectivity index (χ0n) is 16.5. The summed E-state index contributed by atoms with van der Waals surface area (Å²) in [5, 5.41) is 0. The van der Waals surface area contributed by atoms with Crippen LogP contribution in [0.1, 0.15) is 42.7 Å². The number of amides is 2. The molecule has 5 rings (SSSR count). The summed E-state index contributed by atoms with van der Waals surface area (Å²) in [6.45, 7) is 2.84. The molecule has 152 valence electrons. The number of benzene rings is 1. The topological polar surface area (TPSA) is 63.0 Å². The van der Waals surface area contributed by atoms with Crippen molar-refractivity contribution in [2.24, 2.45) is 11.3 Å². The van der Waals surface area contributed by atoms with Crippen molar-refractivity contribution in [3.05, 3.63) is 48.2 Å². The van der Waals surface area contributed by atoms with Crippen LogP contribution in [0, 0.1) is 11.3 Å². The van der Waals surface area contributed by atoms with Gasteiger partial charge >= 0.3 is 0 Å². The minimum absolute atomic E-state index is 0.170. The van der Waals surface area contributed by atoms with Crippen LogP contribution in [-0.2, 0) is 4.79 Å². The highest BCUT2D eigenvalue weighted by Gasteiger charge is 2.50. The minimum atomic E-state index is -0.404. The standard InChI is InChI=1S/C23H26N2O4/c26-21(19-9-10-20(29-19)28-18-5-2-1-3-6-18)25-14-12-23(16-25)11-4-13-24(22(23)27)15-17-7-8-17/h1-3,5-6,9-10,17H,4,7-8,11-16H2/t23-/m0/s1. The van der Waals surface area contributed by atoms with Crippen LogP contribution in [0.5, 0.6) is 11.7 Å². The second-order valence-corrected chi connectivity index (χ2v) is 8.59. The quantitative estimate of drug-likeness (QED) is 0.771. The largest absolute Gasteiger partial charge is 0.426 e. The van der Waals surface area contributed by atoms with Gasteiger partial charge in [-0.3, -0.25) is 9.59 Å². The summed E-state index contributed by atoms with van der Waals surface area (Å²) in [7, 11) is 0. The zero-order valence-corrected chi connectivity index (χ0v) is 16.5. The number of hydrogen-bond donors (Lipinski definition) is 0. The summed E-state index contributed by atoms with van der Waals surface area (Å²) >= 11 is 0. The van der Waals surface area contributed by atoms with Gasteiger partial charge in [0, 0.05) is 32.2 Å². The predicted molar refractivity (Wildman–Crippen MR) is 107 cm³/mol. The van der Waals surface area contributed by atoms with Gasteiger partial charge in [0.2, 0.25) is 5.91 Å². The maximum Gasteiger partial charge on any atom is 0.290 e. The zero-order chi connectivity index (χ0) is 19.8. The Kier molecular flexibility index (Phi) is 4.57. The lowest BCUT2D eigenvalue weighted by Crippen LogP contribution is -2.50. The molecule has 3 aliphatic rings. The Morgan fingerprint density at radius 3 is 2.72 bits per heavy atom. The molecule has 1 aromatic heterocycles. The Labute approximate surface area is 170 Å². The molecule has 0 radical (unpaired) electrons.